The fourth-order valence-electron chi connectivity index (χ4n) is 11.8. The second kappa shape index (κ2) is 11.9. The summed E-state index contributed by atoms with van der Waals surface area (Å²) in [5.74, 6) is 3.65. The Hall–Kier alpha value is -7.83. The maximum absolute atomic E-state index is 7.08. The number of ether oxygens (including phenoxy) is 2. The molecule has 8 heteroatoms. The quantitative estimate of drug-likeness (QED) is 0.175. The summed E-state index contributed by atoms with van der Waals surface area (Å²) < 4.78 is 13.8. The average molecular weight is 787 g/mol. The first-order valence-corrected chi connectivity index (χ1v) is 21.5. The third kappa shape index (κ3) is 4.12. The molecule has 6 heterocycles. The maximum atomic E-state index is 7.08. The molecule has 0 spiro atoms. The lowest BCUT2D eigenvalue weighted by Gasteiger charge is -2.49. The van der Waals surface area contributed by atoms with Gasteiger partial charge in [-0.3, -0.25) is 0 Å². The van der Waals surface area contributed by atoms with Crippen LogP contribution in [-0.2, 0) is 0 Å². The summed E-state index contributed by atoms with van der Waals surface area (Å²) in [6, 6.07) is 71.0. The number of anilines is 9. The van der Waals surface area contributed by atoms with E-state index in [0.29, 0.717) is 0 Å². The molecule has 0 unspecified atom stereocenters. The summed E-state index contributed by atoms with van der Waals surface area (Å²) in [6.07, 6.45) is 0. The number of benzene rings is 9. The minimum atomic E-state index is -0.0574. The summed E-state index contributed by atoms with van der Waals surface area (Å²) in [6.45, 7) is -0.0637. The van der Waals surface area contributed by atoms with Gasteiger partial charge in [-0.05, 0) is 116 Å². The molecule has 0 atom stereocenters. The molecular weight excluding hydrogens is 755 g/mol. The number of hydrogen-bond donors (Lipinski definition) is 0. The van der Waals surface area contributed by atoms with Gasteiger partial charge < -0.3 is 24.2 Å². The zero-order chi connectivity index (χ0) is 40.2. The van der Waals surface area contributed by atoms with E-state index in [1.165, 1.54) is 66.2 Å². The van der Waals surface area contributed by atoms with Crippen molar-refractivity contribution < 1.29 is 9.47 Å². The Labute approximate surface area is 360 Å². The normalized spacial score (nSPS) is 14.5. The van der Waals surface area contributed by atoms with Crippen LogP contribution in [0.2, 0.25) is 0 Å². The number of fused-ring (bicyclic) bond motifs is 14. The summed E-state index contributed by atoms with van der Waals surface area (Å²) in [4.78, 5) is 7.51. The van der Waals surface area contributed by atoms with Crippen LogP contribution in [0.15, 0.2) is 194 Å². The van der Waals surface area contributed by atoms with Gasteiger partial charge in [0, 0.05) is 57.3 Å². The largest absolute Gasteiger partial charge is 0.458 e. The third-order valence-electron chi connectivity index (χ3n) is 14.1. The monoisotopic (exact) mass is 787 g/mol. The molecule has 0 bridgehead atoms. The highest BCUT2D eigenvalue weighted by Gasteiger charge is 2.52. The topological polar surface area (TPSA) is 28.2 Å². The zero-order valence-corrected chi connectivity index (χ0v) is 33.4. The van der Waals surface area contributed by atoms with Crippen molar-refractivity contribution in [2.24, 2.45) is 0 Å². The van der Waals surface area contributed by atoms with Crippen LogP contribution in [0.4, 0.5) is 51.2 Å². The van der Waals surface area contributed by atoms with Gasteiger partial charge in [0.05, 0.1) is 0 Å². The number of hydrogen-bond acceptors (Lipinski definition) is 5. The van der Waals surface area contributed by atoms with Crippen molar-refractivity contribution in [2.45, 2.75) is 0 Å². The summed E-state index contributed by atoms with van der Waals surface area (Å²) in [5.41, 5.74) is 21.8. The second-order valence-electron chi connectivity index (χ2n) is 17.1. The molecule has 0 fully saturated rings. The summed E-state index contributed by atoms with van der Waals surface area (Å²) >= 11 is 0. The Morgan fingerprint density at radius 1 is 0.274 bits per heavy atom. The lowest BCUT2D eigenvalue weighted by Crippen LogP contribution is -2.68. The highest BCUT2D eigenvalue weighted by Crippen LogP contribution is 2.49. The molecule has 6 aliphatic heterocycles. The van der Waals surface area contributed by atoms with E-state index in [1.54, 1.807) is 0 Å². The van der Waals surface area contributed by atoms with Gasteiger partial charge in [-0.2, -0.15) is 0 Å². The van der Waals surface area contributed by atoms with E-state index >= 15 is 0 Å². The lowest BCUT2D eigenvalue weighted by molar-refractivity contribution is 0.487. The Morgan fingerprint density at radius 3 is 1.37 bits per heavy atom. The molecule has 0 aromatic heterocycles. The summed E-state index contributed by atoms with van der Waals surface area (Å²) in [7, 11) is 0. The van der Waals surface area contributed by atoms with E-state index in [1.807, 2.05) is 0 Å². The van der Waals surface area contributed by atoms with Crippen molar-refractivity contribution in [3.63, 3.8) is 0 Å². The van der Waals surface area contributed by atoms with Crippen LogP contribution in [0.5, 0.6) is 23.0 Å². The molecule has 0 saturated carbocycles. The van der Waals surface area contributed by atoms with Gasteiger partial charge in [-0.15, -0.1) is 0 Å². The van der Waals surface area contributed by atoms with Crippen molar-refractivity contribution in [3.05, 3.63) is 194 Å². The van der Waals surface area contributed by atoms with Crippen molar-refractivity contribution in [1.82, 2.24) is 0 Å². The Balaban J connectivity index is 1.09. The highest BCUT2D eigenvalue weighted by atomic mass is 16.5. The first kappa shape index (κ1) is 33.0. The van der Waals surface area contributed by atoms with Crippen molar-refractivity contribution >= 4 is 120 Å². The number of rotatable bonds is 2. The van der Waals surface area contributed by atoms with E-state index in [4.69, 9.17) is 9.47 Å². The van der Waals surface area contributed by atoms with E-state index in [2.05, 4.69) is 209 Å². The van der Waals surface area contributed by atoms with E-state index in [0.717, 1.165) is 57.1 Å². The zero-order valence-electron chi connectivity index (χ0n) is 33.4. The van der Waals surface area contributed by atoms with Gasteiger partial charge >= 0.3 is 0 Å². The molecule has 0 aliphatic carbocycles. The number of nitrogens with zero attached hydrogens (tertiary/aromatic N) is 3. The fourth-order valence-corrected chi connectivity index (χ4v) is 11.8. The highest BCUT2D eigenvalue weighted by molar-refractivity contribution is 7.05. The third-order valence-corrected chi connectivity index (χ3v) is 14.1. The van der Waals surface area contributed by atoms with Gasteiger partial charge in [0.2, 0.25) is 0 Å². The molecule has 0 N–H and O–H groups in total. The van der Waals surface area contributed by atoms with E-state index in [9.17, 15) is 0 Å². The molecule has 284 valence electrons. The fraction of sp³-hybridized carbons (Fsp3) is 0. The number of para-hydroxylation sites is 6. The van der Waals surface area contributed by atoms with Crippen molar-refractivity contribution in [1.29, 1.82) is 0 Å². The minimum Gasteiger partial charge on any atom is -0.458 e. The predicted octanol–water partition coefficient (Wildman–Crippen LogP) is 7.11. The maximum Gasteiger partial charge on any atom is 0.256 e. The Kier molecular flexibility index (Phi) is 6.34. The Morgan fingerprint density at radius 2 is 0.742 bits per heavy atom. The molecule has 9 aromatic carbocycles. The van der Waals surface area contributed by atoms with Gasteiger partial charge in [0.15, 0.2) is 0 Å². The van der Waals surface area contributed by atoms with Gasteiger partial charge in [-0.25, -0.2) is 0 Å². The van der Waals surface area contributed by atoms with Crippen LogP contribution in [0.25, 0.3) is 0 Å². The SMILES string of the molecule is c1ccc(N2c3cc4c(cc3B3c5ccccc5Oc5cccc2c53)B2c3ccccc3N3c5ccccc5B5c6ccccc6Oc6cc(c2c3c65)N4c2ccccc2)cc1. The van der Waals surface area contributed by atoms with Crippen LogP contribution in [-0.4, -0.2) is 20.1 Å². The van der Waals surface area contributed by atoms with Crippen LogP contribution in [0.3, 0.4) is 0 Å². The molecule has 15 rings (SSSR count). The van der Waals surface area contributed by atoms with Crippen LogP contribution >= 0.6 is 0 Å². The van der Waals surface area contributed by atoms with E-state index < -0.39 is 0 Å². The smallest absolute Gasteiger partial charge is 0.256 e. The minimum absolute atomic E-state index is 0.0248. The first-order valence-electron chi connectivity index (χ1n) is 21.5. The molecule has 9 aromatic rings. The Bertz CT molecular complexity index is 3430. The van der Waals surface area contributed by atoms with E-state index in [-0.39, 0.29) is 20.1 Å². The average Bonchev–Trinajstić information content (AvgIpc) is 3.33. The molecule has 0 radical (unpaired) electrons. The molecule has 0 amide bonds. The van der Waals surface area contributed by atoms with Gasteiger partial charge in [-0.1, -0.05) is 121 Å². The molecule has 6 aliphatic rings. The lowest BCUT2D eigenvalue weighted by atomic mass is 9.28. The van der Waals surface area contributed by atoms with Crippen LogP contribution in [0, 0.1) is 0 Å². The summed E-state index contributed by atoms with van der Waals surface area (Å²) in [5, 5.41) is 0. The van der Waals surface area contributed by atoms with Crippen LogP contribution in [0.1, 0.15) is 0 Å². The molecule has 0 saturated heterocycles. The second-order valence-corrected chi connectivity index (χ2v) is 17.1. The van der Waals surface area contributed by atoms with Crippen LogP contribution < -0.4 is 73.3 Å². The molecular formula is C54H32B3N3O2. The first-order chi connectivity index (χ1) is 30.8. The van der Waals surface area contributed by atoms with Gasteiger partial charge in [0.1, 0.15) is 23.0 Å². The predicted molar refractivity (Wildman–Crippen MR) is 257 cm³/mol. The molecule has 5 nitrogen and oxygen atoms in total. The molecule has 62 heavy (non-hydrogen) atoms. The van der Waals surface area contributed by atoms with Crippen molar-refractivity contribution in [2.75, 3.05) is 14.7 Å². The standard InChI is InChI=1S/C54H32B3N3O2/c1-3-16-33(17-4-1)58-43-26-15-29-49-51(43)57(38-23-10-13-27-47(38)61-49)40-30-39-45(31-44(40)58)59(34-18-5-2-6-19-34)46-32-50-53-54-52(46)56(39)36-21-8-12-25-42(36)60(54)41-24-11-7-20-35(41)55(53)37-22-9-14-28-48(37)62-50/h1-32H. The van der Waals surface area contributed by atoms with Gasteiger partial charge in [0.25, 0.3) is 20.1 Å². The van der Waals surface area contributed by atoms with Crippen molar-refractivity contribution in [3.8, 4) is 23.0 Å².